The van der Waals surface area contributed by atoms with Crippen LogP contribution in [0.1, 0.15) is 47.2 Å². The quantitative estimate of drug-likeness (QED) is 0.167. The lowest BCUT2D eigenvalue weighted by Crippen LogP contribution is -2.26. The van der Waals surface area contributed by atoms with Crippen molar-refractivity contribution >= 4 is 70.4 Å². The molecule has 0 amide bonds. The zero-order chi connectivity index (χ0) is 48.2. The van der Waals surface area contributed by atoms with Crippen molar-refractivity contribution in [2.24, 2.45) is 0 Å². The smallest absolute Gasteiger partial charge is 0.0726 e. The fraction of sp³-hybridized carbons (Fsp3) is 0.0571. The molecule has 0 saturated carbocycles. The molecule has 11 aromatic carbocycles. The van der Waals surface area contributed by atoms with Crippen LogP contribution in [-0.2, 0) is 10.8 Å². The lowest BCUT2D eigenvalue weighted by Gasteiger charge is -2.32. The Bertz CT molecular complexity index is 4430. The second-order valence-corrected chi connectivity index (χ2v) is 21.8. The Morgan fingerprint density at radius 2 is 0.932 bits per heavy atom. The lowest BCUT2D eigenvalue weighted by molar-refractivity contribution is 0.661. The van der Waals surface area contributed by atoms with E-state index >= 15 is 0 Å². The zero-order valence-corrected chi connectivity index (χ0v) is 41.2. The first-order valence-electron chi connectivity index (χ1n) is 25.5. The van der Waals surface area contributed by atoms with Crippen molar-refractivity contribution in [1.82, 2.24) is 4.57 Å². The number of hydrogen-bond donors (Lipinski definition) is 0. The molecule has 0 saturated heterocycles. The highest BCUT2D eigenvalue weighted by Gasteiger charge is 2.52. The maximum Gasteiger partial charge on any atom is 0.0726 e. The summed E-state index contributed by atoms with van der Waals surface area (Å²) in [5.41, 5.74) is 24.9. The van der Waals surface area contributed by atoms with Crippen molar-refractivity contribution in [3.8, 4) is 50.2 Å². The second-order valence-electron chi connectivity index (χ2n) is 20.7. The zero-order valence-electron chi connectivity index (χ0n) is 40.4. The molecule has 0 N–H and O–H groups in total. The van der Waals surface area contributed by atoms with Crippen LogP contribution in [-0.4, -0.2) is 4.57 Å². The summed E-state index contributed by atoms with van der Waals surface area (Å²) in [6, 6.07) is 91.4. The minimum absolute atomic E-state index is 0.0979. The first-order valence-corrected chi connectivity index (χ1v) is 26.3. The molecule has 2 heterocycles. The maximum absolute atomic E-state index is 2.56. The summed E-state index contributed by atoms with van der Waals surface area (Å²) >= 11 is 1.89. The molecule has 0 atom stereocenters. The molecule has 342 valence electrons. The van der Waals surface area contributed by atoms with Gasteiger partial charge in [-0.15, -0.1) is 11.3 Å². The molecule has 16 rings (SSSR count). The van der Waals surface area contributed by atoms with Gasteiger partial charge in [0.25, 0.3) is 0 Å². The van der Waals surface area contributed by atoms with E-state index in [4.69, 9.17) is 0 Å². The minimum atomic E-state index is -0.448. The van der Waals surface area contributed by atoms with E-state index in [9.17, 15) is 0 Å². The lowest BCUT2D eigenvalue weighted by atomic mass is 9.70. The standard InChI is InChI=1S/C70H46N2S/c1-69(2)56-26-11-6-22-49(56)53-41-55-54-40-44(36-39-62(54)71(65(55)42-61(53)69)45-18-4-3-5-19-45)43-34-37-46(38-35-43)72(64-32-16-25-51-50-23-10-15-33-66(50)73-68(51)64)63-31-17-30-60-67(63)52-24-9-14-29-59(52)70(60)57-27-12-7-20-47(57)48-21-8-13-28-58(48)70/h3-42H,1-2H3. The predicted molar refractivity (Wildman–Crippen MR) is 308 cm³/mol. The van der Waals surface area contributed by atoms with Gasteiger partial charge < -0.3 is 9.47 Å². The fourth-order valence-electron chi connectivity index (χ4n) is 13.7. The van der Waals surface area contributed by atoms with Gasteiger partial charge in [-0.25, -0.2) is 0 Å². The first kappa shape index (κ1) is 40.9. The summed E-state index contributed by atoms with van der Waals surface area (Å²) in [6.07, 6.45) is 0. The molecule has 2 nitrogen and oxygen atoms in total. The summed E-state index contributed by atoms with van der Waals surface area (Å²) in [7, 11) is 0. The van der Waals surface area contributed by atoms with E-state index in [1.54, 1.807) is 0 Å². The van der Waals surface area contributed by atoms with E-state index < -0.39 is 5.41 Å². The van der Waals surface area contributed by atoms with Crippen molar-refractivity contribution in [1.29, 1.82) is 0 Å². The molecule has 3 heteroatoms. The number of nitrogens with zero attached hydrogens (tertiary/aromatic N) is 2. The van der Waals surface area contributed by atoms with E-state index in [0.717, 1.165) is 5.69 Å². The fourth-order valence-corrected chi connectivity index (χ4v) is 14.9. The molecule has 0 unspecified atom stereocenters. The van der Waals surface area contributed by atoms with Crippen LogP contribution in [0.4, 0.5) is 17.1 Å². The summed E-state index contributed by atoms with van der Waals surface area (Å²) < 4.78 is 5.04. The molecule has 2 aromatic heterocycles. The average Bonchev–Trinajstić information content (AvgIpc) is 4.21. The van der Waals surface area contributed by atoms with Gasteiger partial charge in [-0.05, 0) is 139 Å². The van der Waals surface area contributed by atoms with Crippen LogP contribution in [0.15, 0.2) is 243 Å². The van der Waals surface area contributed by atoms with Gasteiger partial charge in [-0.1, -0.05) is 190 Å². The molecule has 1 spiro atoms. The van der Waals surface area contributed by atoms with Gasteiger partial charge in [0, 0.05) is 48.6 Å². The topological polar surface area (TPSA) is 8.17 Å². The number of aromatic nitrogens is 1. The number of benzene rings is 11. The molecule has 73 heavy (non-hydrogen) atoms. The maximum atomic E-state index is 2.56. The molecule has 3 aliphatic carbocycles. The van der Waals surface area contributed by atoms with Gasteiger partial charge in [0.2, 0.25) is 0 Å². The van der Waals surface area contributed by atoms with E-state index in [2.05, 4.69) is 266 Å². The van der Waals surface area contributed by atoms with Crippen LogP contribution in [0.3, 0.4) is 0 Å². The Kier molecular flexibility index (Phi) is 8.35. The van der Waals surface area contributed by atoms with Crippen molar-refractivity contribution in [3.05, 3.63) is 276 Å². The Balaban J connectivity index is 0.904. The molecule has 13 aromatic rings. The largest absolute Gasteiger partial charge is 0.309 e. The number of para-hydroxylation sites is 1. The van der Waals surface area contributed by atoms with Gasteiger partial charge in [0.1, 0.15) is 0 Å². The number of anilines is 3. The Hall–Kier alpha value is -8.76. The summed E-state index contributed by atoms with van der Waals surface area (Å²) in [4.78, 5) is 2.56. The van der Waals surface area contributed by atoms with Crippen LogP contribution in [0, 0.1) is 0 Å². The third-order valence-electron chi connectivity index (χ3n) is 16.8. The van der Waals surface area contributed by atoms with Gasteiger partial charge >= 0.3 is 0 Å². The highest BCUT2D eigenvalue weighted by Crippen LogP contribution is 2.65. The van der Waals surface area contributed by atoms with Crippen molar-refractivity contribution < 1.29 is 0 Å². The minimum Gasteiger partial charge on any atom is -0.309 e. The highest BCUT2D eigenvalue weighted by molar-refractivity contribution is 7.26. The third-order valence-corrected chi connectivity index (χ3v) is 18.0. The summed E-state index contributed by atoms with van der Waals surface area (Å²) in [6.45, 7) is 4.75. The van der Waals surface area contributed by atoms with Gasteiger partial charge in [0.15, 0.2) is 0 Å². The van der Waals surface area contributed by atoms with Crippen molar-refractivity contribution in [2.45, 2.75) is 24.7 Å². The molecule has 0 radical (unpaired) electrons. The molecule has 0 bridgehead atoms. The number of fused-ring (bicyclic) bond motifs is 19. The average molecular weight is 947 g/mol. The Morgan fingerprint density at radius 1 is 0.370 bits per heavy atom. The molecule has 3 aliphatic rings. The first-order chi connectivity index (χ1) is 36.0. The van der Waals surface area contributed by atoms with Crippen LogP contribution in [0.5, 0.6) is 0 Å². The van der Waals surface area contributed by atoms with E-state index in [0.29, 0.717) is 0 Å². The van der Waals surface area contributed by atoms with Crippen LogP contribution < -0.4 is 4.90 Å². The SMILES string of the molecule is CC1(C)c2ccccc2-c2cc3c4cc(-c5ccc(N(c6cccc7c6-c6ccccc6C76c7ccccc7-c7ccccc76)c6cccc7c6sc6ccccc67)cc5)ccc4n(-c4ccccc4)c3cc21. The Labute approximate surface area is 428 Å². The Morgan fingerprint density at radius 3 is 1.68 bits per heavy atom. The number of hydrogen-bond acceptors (Lipinski definition) is 2. The monoisotopic (exact) mass is 946 g/mol. The predicted octanol–water partition coefficient (Wildman–Crippen LogP) is 18.9. The number of thiophene rings is 1. The summed E-state index contributed by atoms with van der Waals surface area (Å²) in [5, 5.41) is 5.10. The van der Waals surface area contributed by atoms with Crippen molar-refractivity contribution in [3.63, 3.8) is 0 Å². The summed E-state index contributed by atoms with van der Waals surface area (Å²) in [5.74, 6) is 0. The second kappa shape index (κ2) is 14.9. The number of rotatable bonds is 5. The van der Waals surface area contributed by atoms with Crippen LogP contribution in [0.2, 0.25) is 0 Å². The molecular weight excluding hydrogens is 901 g/mol. The normalized spacial score (nSPS) is 14.1. The van der Waals surface area contributed by atoms with Gasteiger partial charge in [0.05, 0.1) is 32.5 Å². The third kappa shape index (κ3) is 5.42. The van der Waals surface area contributed by atoms with Crippen LogP contribution >= 0.6 is 11.3 Å². The highest BCUT2D eigenvalue weighted by atomic mass is 32.1. The van der Waals surface area contributed by atoms with Gasteiger partial charge in [-0.3, -0.25) is 0 Å². The van der Waals surface area contributed by atoms with Gasteiger partial charge in [-0.2, -0.15) is 0 Å². The van der Waals surface area contributed by atoms with Crippen molar-refractivity contribution in [2.75, 3.05) is 4.90 Å². The van der Waals surface area contributed by atoms with E-state index in [-0.39, 0.29) is 5.41 Å². The molecular formula is C70H46N2S. The van der Waals surface area contributed by atoms with E-state index in [1.165, 1.54) is 137 Å². The molecule has 0 fully saturated rings. The van der Waals surface area contributed by atoms with Crippen LogP contribution in [0.25, 0.3) is 92.2 Å². The van der Waals surface area contributed by atoms with E-state index in [1.807, 2.05) is 11.3 Å². The molecule has 0 aliphatic heterocycles.